The number of aromatic nitrogens is 2. The Morgan fingerprint density at radius 2 is 2.21 bits per heavy atom. The lowest BCUT2D eigenvalue weighted by Gasteiger charge is -2.09. The van der Waals surface area contributed by atoms with Crippen LogP contribution in [0.5, 0.6) is 5.88 Å². The average Bonchev–Trinajstić information content (AvgIpc) is 2.11. The van der Waals surface area contributed by atoms with E-state index in [0.29, 0.717) is 23.4 Å². The molecule has 0 spiro atoms. The quantitative estimate of drug-likeness (QED) is 0.612. The lowest BCUT2D eigenvalue weighted by atomic mass is 10.5. The molecule has 5 heteroatoms. The van der Waals surface area contributed by atoms with E-state index in [0.717, 1.165) is 5.03 Å². The van der Waals surface area contributed by atoms with Crippen LogP contribution in [0.4, 0.5) is 5.69 Å². The molecule has 0 fully saturated rings. The lowest BCUT2D eigenvalue weighted by molar-refractivity contribution is 0.327. The van der Waals surface area contributed by atoms with Gasteiger partial charge < -0.3 is 10.5 Å². The van der Waals surface area contributed by atoms with E-state index in [1.807, 2.05) is 6.92 Å². The first kappa shape index (κ1) is 11.1. The second-order valence-corrected chi connectivity index (χ2v) is 4.56. The molecule has 0 aliphatic carbocycles. The zero-order chi connectivity index (χ0) is 10.6. The largest absolute Gasteiger partial charge is 0.476 e. The minimum Gasteiger partial charge on any atom is -0.476 e. The maximum Gasteiger partial charge on any atom is 0.241 e. The third-order valence-corrected chi connectivity index (χ3v) is 2.46. The molecule has 0 saturated heterocycles. The van der Waals surface area contributed by atoms with Gasteiger partial charge >= 0.3 is 0 Å². The predicted molar refractivity (Wildman–Crippen MR) is 58.6 cm³/mol. The van der Waals surface area contributed by atoms with Crippen LogP contribution in [0.3, 0.4) is 0 Å². The van der Waals surface area contributed by atoms with E-state index < -0.39 is 0 Å². The Labute approximate surface area is 88.3 Å². The van der Waals surface area contributed by atoms with Gasteiger partial charge in [-0.2, -0.15) is 4.98 Å². The van der Waals surface area contributed by atoms with Crippen molar-refractivity contribution in [3.05, 3.63) is 6.33 Å². The van der Waals surface area contributed by atoms with Gasteiger partial charge in [0.25, 0.3) is 0 Å². The van der Waals surface area contributed by atoms with E-state index in [1.165, 1.54) is 6.33 Å². The van der Waals surface area contributed by atoms with Gasteiger partial charge in [0.15, 0.2) is 0 Å². The molecule has 0 bridgehead atoms. The highest BCUT2D eigenvalue weighted by Gasteiger charge is 2.10. The van der Waals surface area contributed by atoms with Crippen LogP contribution in [0.2, 0.25) is 0 Å². The fraction of sp³-hybridized carbons (Fsp3) is 0.556. The summed E-state index contributed by atoms with van der Waals surface area (Å²) in [6.45, 7) is 6.64. The molecule has 0 unspecified atom stereocenters. The Kier molecular flexibility index (Phi) is 4.00. The molecule has 4 nitrogen and oxygen atoms in total. The molecule has 78 valence electrons. The molecule has 0 atom stereocenters. The number of nitrogen functional groups attached to an aromatic ring is 1. The summed E-state index contributed by atoms with van der Waals surface area (Å²) in [5.74, 6) is 0.477. The topological polar surface area (TPSA) is 61.0 Å². The number of rotatable bonds is 4. The van der Waals surface area contributed by atoms with Gasteiger partial charge in [0.1, 0.15) is 17.0 Å². The number of ether oxygens (including phenoxy) is 1. The summed E-state index contributed by atoms with van der Waals surface area (Å²) in [7, 11) is 0. The van der Waals surface area contributed by atoms with Gasteiger partial charge in [-0.15, -0.1) is 11.8 Å². The second-order valence-electron chi connectivity index (χ2n) is 3.00. The number of hydrogen-bond acceptors (Lipinski definition) is 5. The monoisotopic (exact) mass is 213 g/mol. The maximum atomic E-state index is 5.85. The highest BCUT2D eigenvalue weighted by molar-refractivity contribution is 7.99. The number of nitrogens with zero attached hydrogens (tertiary/aromatic N) is 2. The van der Waals surface area contributed by atoms with Crippen LogP contribution in [0.25, 0.3) is 0 Å². The van der Waals surface area contributed by atoms with E-state index >= 15 is 0 Å². The highest BCUT2D eigenvalue weighted by atomic mass is 32.2. The predicted octanol–water partition coefficient (Wildman–Crippen LogP) is 1.96. The first-order valence-corrected chi connectivity index (χ1v) is 5.43. The van der Waals surface area contributed by atoms with Gasteiger partial charge in [0.2, 0.25) is 5.88 Å². The van der Waals surface area contributed by atoms with Crippen molar-refractivity contribution in [3.63, 3.8) is 0 Å². The standard InChI is InChI=1S/C9H15N3OS/c1-4-13-8-7(10)9(12-5-11-8)14-6(2)3/h5-6H,4,10H2,1-3H3. The summed E-state index contributed by atoms with van der Waals surface area (Å²) in [5, 5.41) is 1.24. The SMILES string of the molecule is CCOc1ncnc(SC(C)C)c1N. The molecule has 14 heavy (non-hydrogen) atoms. The van der Waals surface area contributed by atoms with Crippen molar-refractivity contribution in [2.45, 2.75) is 31.0 Å². The Morgan fingerprint density at radius 1 is 1.50 bits per heavy atom. The van der Waals surface area contributed by atoms with Crippen LogP contribution in [-0.2, 0) is 0 Å². The summed E-state index contributed by atoms with van der Waals surface area (Å²) in [5.41, 5.74) is 6.38. The maximum absolute atomic E-state index is 5.85. The fourth-order valence-electron chi connectivity index (χ4n) is 0.933. The van der Waals surface area contributed by atoms with Crippen molar-refractivity contribution < 1.29 is 4.74 Å². The van der Waals surface area contributed by atoms with Crippen LogP contribution in [0.15, 0.2) is 11.4 Å². The third-order valence-electron chi connectivity index (χ3n) is 1.44. The first-order chi connectivity index (χ1) is 6.65. The molecule has 0 aliphatic heterocycles. The van der Waals surface area contributed by atoms with Gasteiger partial charge in [-0.05, 0) is 6.92 Å². The molecule has 1 aromatic rings. The number of hydrogen-bond donors (Lipinski definition) is 1. The van der Waals surface area contributed by atoms with Crippen molar-refractivity contribution in [1.29, 1.82) is 0 Å². The molecule has 0 radical (unpaired) electrons. The van der Waals surface area contributed by atoms with Gasteiger partial charge in [-0.3, -0.25) is 0 Å². The summed E-state index contributed by atoms with van der Waals surface area (Å²) in [6.07, 6.45) is 1.48. The third kappa shape index (κ3) is 2.77. The molecular formula is C9H15N3OS. The highest BCUT2D eigenvalue weighted by Crippen LogP contribution is 2.30. The van der Waals surface area contributed by atoms with Crippen molar-refractivity contribution in [2.75, 3.05) is 12.3 Å². The van der Waals surface area contributed by atoms with Crippen LogP contribution >= 0.6 is 11.8 Å². The van der Waals surface area contributed by atoms with E-state index in [-0.39, 0.29) is 0 Å². The summed E-state index contributed by atoms with van der Waals surface area (Å²) in [6, 6.07) is 0. The molecule has 0 amide bonds. The molecule has 1 aromatic heterocycles. The fourth-order valence-corrected chi connectivity index (χ4v) is 1.70. The lowest BCUT2D eigenvalue weighted by Crippen LogP contribution is -2.03. The Balaban J connectivity index is 2.89. The van der Waals surface area contributed by atoms with Crippen LogP contribution in [0, 0.1) is 0 Å². The van der Waals surface area contributed by atoms with Gasteiger partial charge in [-0.25, -0.2) is 4.98 Å². The Bertz CT molecular complexity index is 304. The molecular weight excluding hydrogens is 198 g/mol. The van der Waals surface area contributed by atoms with Crippen LogP contribution in [0.1, 0.15) is 20.8 Å². The van der Waals surface area contributed by atoms with Gasteiger partial charge in [0, 0.05) is 5.25 Å². The zero-order valence-corrected chi connectivity index (χ0v) is 9.47. The van der Waals surface area contributed by atoms with Gasteiger partial charge in [-0.1, -0.05) is 13.8 Å². The smallest absolute Gasteiger partial charge is 0.241 e. The Hall–Kier alpha value is -0.970. The second kappa shape index (κ2) is 5.05. The number of nitrogens with two attached hydrogens (primary N) is 1. The van der Waals surface area contributed by atoms with Crippen molar-refractivity contribution in [2.24, 2.45) is 0 Å². The molecule has 1 heterocycles. The molecule has 0 aromatic carbocycles. The van der Waals surface area contributed by atoms with Crippen LogP contribution < -0.4 is 10.5 Å². The first-order valence-electron chi connectivity index (χ1n) is 4.55. The summed E-state index contributed by atoms with van der Waals surface area (Å²) in [4.78, 5) is 8.07. The normalized spacial score (nSPS) is 10.6. The molecule has 0 aliphatic rings. The Morgan fingerprint density at radius 3 is 2.79 bits per heavy atom. The number of anilines is 1. The summed E-state index contributed by atoms with van der Waals surface area (Å²) < 4.78 is 5.27. The number of thioether (sulfide) groups is 1. The van der Waals surface area contributed by atoms with Gasteiger partial charge in [0.05, 0.1) is 6.61 Å². The van der Waals surface area contributed by atoms with Crippen molar-refractivity contribution in [1.82, 2.24) is 9.97 Å². The van der Waals surface area contributed by atoms with E-state index in [2.05, 4.69) is 23.8 Å². The van der Waals surface area contributed by atoms with E-state index in [1.54, 1.807) is 11.8 Å². The minimum absolute atomic E-state index is 0.446. The molecule has 2 N–H and O–H groups in total. The van der Waals surface area contributed by atoms with Crippen molar-refractivity contribution in [3.8, 4) is 5.88 Å². The van der Waals surface area contributed by atoms with E-state index in [4.69, 9.17) is 10.5 Å². The molecule has 1 rings (SSSR count). The summed E-state index contributed by atoms with van der Waals surface area (Å²) >= 11 is 1.61. The minimum atomic E-state index is 0.446. The van der Waals surface area contributed by atoms with Crippen molar-refractivity contribution >= 4 is 17.4 Å². The average molecular weight is 213 g/mol. The van der Waals surface area contributed by atoms with E-state index in [9.17, 15) is 0 Å². The zero-order valence-electron chi connectivity index (χ0n) is 8.65. The molecule has 0 saturated carbocycles. The van der Waals surface area contributed by atoms with Crippen LogP contribution in [-0.4, -0.2) is 21.8 Å².